The van der Waals surface area contributed by atoms with Crippen LogP contribution in [0.25, 0.3) is 17.1 Å². The molecule has 37 heavy (non-hydrogen) atoms. The van der Waals surface area contributed by atoms with E-state index >= 15 is 0 Å². The number of rotatable bonds is 7. The van der Waals surface area contributed by atoms with Crippen LogP contribution >= 0.6 is 0 Å². The monoisotopic (exact) mass is 505 g/mol. The van der Waals surface area contributed by atoms with Crippen LogP contribution in [0.2, 0.25) is 0 Å². The molecular formula is C27H25F2N5O3. The Morgan fingerprint density at radius 1 is 1.05 bits per heavy atom. The first-order valence-electron chi connectivity index (χ1n) is 11.8. The molecule has 0 radical (unpaired) electrons. The van der Waals surface area contributed by atoms with Gasteiger partial charge in [0.15, 0.2) is 5.82 Å². The molecule has 1 N–H and O–H groups in total. The molecule has 0 aliphatic heterocycles. The Bertz CT molecular complexity index is 1570. The molecule has 5 rings (SSSR count). The molecule has 190 valence electrons. The Labute approximate surface area is 211 Å². The predicted octanol–water partition coefficient (Wildman–Crippen LogP) is 3.89. The van der Waals surface area contributed by atoms with E-state index in [2.05, 4.69) is 19.9 Å². The van der Waals surface area contributed by atoms with Gasteiger partial charge in [-0.05, 0) is 51.3 Å². The number of aliphatic hydroxyl groups excluding tert-OH is 1. The van der Waals surface area contributed by atoms with Crippen LogP contribution < -0.4 is 10.3 Å². The summed E-state index contributed by atoms with van der Waals surface area (Å²) in [6, 6.07) is 5.98. The summed E-state index contributed by atoms with van der Waals surface area (Å²) in [5.74, 6) is -0.715. The zero-order chi connectivity index (χ0) is 26.3. The van der Waals surface area contributed by atoms with Crippen molar-refractivity contribution in [2.24, 2.45) is 0 Å². The largest absolute Gasteiger partial charge is 0.487 e. The second-order valence-electron chi connectivity index (χ2n) is 9.35. The molecule has 0 unspecified atom stereocenters. The Kier molecular flexibility index (Phi) is 6.28. The molecule has 0 aromatic carbocycles. The van der Waals surface area contributed by atoms with E-state index in [-0.39, 0.29) is 35.6 Å². The van der Waals surface area contributed by atoms with Crippen molar-refractivity contribution in [1.82, 2.24) is 24.5 Å². The van der Waals surface area contributed by atoms with Crippen LogP contribution in [0.4, 0.5) is 8.78 Å². The molecule has 0 atom stereocenters. The van der Waals surface area contributed by atoms with Gasteiger partial charge in [0.2, 0.25) is 0 Å². The Balaban J connectivity index is 1.49. The zero-order valence-electron chi connectivity index (χ0n) is 20.6. The van der Waals surface area contributed by atoms with Crippen LogP contribution in [0.15, 0.2) is 47.7 Å². The summed E-state index contributed by atoms with van der Waals surface area (Å²) >= 11 is 0. The summed E-state index contributed by atoms with van der Waals surface area (Å²) in [7, 11) is 0. The predicted molar refractivity (Wildman–Crippen MR) is 132 cm³/mol. The number of hydrogen-bond acceptors (Lipinski definition) is 7. The van der Waals surface area contributed by atoms with Crippen molar-refractivity contribution in [2.45, 2.75) is 45.6 Å². The minimum Gasteiger partial charge on any atom is -0.487 e. The van der Waals surface area contributed by atoms with E-state index in [0.717, 1.165) is 30.7 Å². The molecule has 4 heterocycles. The van der Waals surface area contributed by atoms with E-state index in [1.807, 2.05) is 6.92 Å². The molecule has 8 nitrogen and oxygen atoms in total. The zero-order valence-corrected chi connectivity index (χ0v) is 20.6. The number of aliphatic hydroxyl groups is 1. The van der Waals surface area contributed by atoms with Gasteiger partial charge in [0.1, 0.15) is 29.7 Å². The Hall–Kier alpha value is -4.05. The maximum Gasteiger partial charge on any atom is 0.261 e. The number of ether oxygens (including phenoxy) is 1. The lowest BCUT2D eigenvalue weighted by atomic mass is 10.1. The Morgan fingerprint density at radius 3 is 2.54 bits per heavy atom. The summed E-state index contributed by atoms with van der Waals surface area (Å²) in [5.41, 5.74) is 2.77. The molecule has 10 heteroatoms. The first-order valence-corrected chi connectivity index (χ1v) is 11.8. The standard InChI is InChI=1S/C27H25F2N5O3/c1-15-11-31-21(20-4-7-30-26(33-20)27(14-35)5-6-27)10-23(15)34-16(2)8-24(17(3)25(34)36)37-13-22-19(29)9-18(28)12-32-22/h4,7-12,35H,5-6,13-14H2,1-3H3. The van der Waals surface area contributed by atoms with E-state index in [1.54, 1.807) is 49.0 Å². The van der Waals surface area contributed by atoms with Crippen LogP contribution in [-0.2, 0) is 12.0 Å². The highest BCUT2D eigenvalue weighted by molar-refractivity contribution is 5.60. The summed E-state index contributed by atoms with van der Waals surface area (Å²) in [5, 5.41) is 9.76. The first-order chi connectivity index (χ1) is 17.7. The molecular weight excluding hydrogens is 480 g/mol. The van der Waals surface area contributed by atoms with Crippen molar-refractivity contribution in [3.63, 3.8) is 0 Å². The van der Waals surface area contributed by atoms with Crippen LogP contribution in [0.5, 0.6) is 5.75 Å². The Morgan fingerprint density at radius 2 is 1.84 bits per heavy atom. The van der Waals surface area contributed by atoms with Gasteiger partial charge in [-0.25, -0.2) is 18.7 Å². The summed E-state index contributed by atoms with van der Waals surface area (Å²) in [6.45, 7) is 5.00. The average Bonchev–Trinajstić information content (AvgIpc) is 3.69. The van der Waals surface area contributed by atoms with Gasteiger partial charge in [-0.3, -0.25) is 19.3 Å². The summed E-state index contributed by atoms with van der Waals surface area (Å²) < 4.78 is 34.4. The molecule has 1 fully saturated rings. The van der Waals surface area contributed by atoms with Crippen LogP contribution in [0.1, 0.15) is 41.2 Å². The van der Waals surface area contributed by atoms with Gasteiger partial charge >= 0.3 is 0 Å². The summed E-state index contributed by atoms with van der Waals surface area (Å²) in [4.78, 5) is 30.7. The minimum atomic E-state index is -0.817. The van der Waals surface area contributed by atoms with E-state index in [1.165, 1.54) is 0 Å². The van der Waals surface area contributed by atoms with Gasteiger partial charge in [-0.1, -0.05) is 0 Å². The van der Waals surface area contributed by atoms with Gasteiger partial charge in [0.25, 0.3) is 5.56 Å². The topological polar surface area (TPSA) is 103 Å². The molecule has 1 aliphatic carbocycles. The van der Waals surface area contributed by atoms with Crippen LogP contribution in [0, 0.1) is 32.4 Å². The highest BCUT2D eigenvalue weighted by Gasteiger charge is 2.46. The lowest BCUT2D eigenvalue weighted by Gasteiger charge is -2.17. The van der Waals surface area contributed by atoms with Crippen molar-refractivity contribution in [1.29, 1.82) is 0 Å². The SMILES string of the molecule is Cc1cnc(-c2ccnc(C3(CO)CC3)n2)cc1-n1c(C)cc(OCc2ncc(F)cc2F)c(C)c1=O. The third-order valence-corrected chi connectivity index (χ3v) is 6.70. The smallest absolute Gasteiger partial charge is 0.261 e. The summed E-state index contributed by atoms with van der Waals surface area (Å²) in [6.07, 6.45) is 5.93. The lowest BCUT2D eigenvalue weighted by molar-refractivity contribution is 0.250. The number of aryl methyl sites for hydroxylation is 2. The molecule has 0 amide bonds. The van der Waals surface area contributed by atoms with E-state index in [9.17, 15) is 18.7 Å². The molecule has 0 bridgehead atoms. The molecule has 4 aromatic rings. The van der Waals surface area contributed by atoms with Gasteiger partial charge in [0.05, 0.1) is 40.9 Å². The molecule has 0 saturated heterocycles. The van der Waals surface area contributed by atoms with Crippen molar-refractivity contribution in [3.05, 3.63) is 93.2 Å². The molecule has 1 saturated carbocycles. The van der Waals surface area contributed by atoms with Gasteiger partial charge < -0.3 is 9.84 Å². The van der Waals surface area contributed by atoms with Gasteiger partial charge in [0, 0.05) is 30.2 Å². The van der Waals surface area contributed by atoms with Crippen molar-refractivity contribution < 1.29 is 18.6 Å². The second-order valence-corrected chi connectivity index (χ2v) is 9.35. The van der Waals surface area contributed by atoms with Crippen molar-refractivity contribution >= 4 is 0 Å². The van der Waals surface area contributed by atoms with E-state index in [4.69, 9.17) is 4.74 Å². The fourth-order valence-electron chi connectivity index (χ4n) is 4.19. The number of halogens is 2. The second kappa shape index (κ2) is 9.44. The highest BCUT2D eigenvalue weighted by Crippen LogP contribution is 2.46. The van der Waals surface area contributed by atoms with E-state index < -0.39 is 11.6 Å². The van der Waals surface area contributed by atoms with Gasteiger partial charge in [-0.2, -0.15) is 0 Å². The van der Waals surface area contributed by atoms with Gasteiger partial charge in [-0.15, -0.1) is 0 Å². The number of hydrogen-bond donors (Lipinski definition) is 1. The molecule has 0 spiro atoms. The average molecular weight is 506 g/mol. The van der Waals surface area contributed by atoms with E-state index in [0.29, 0.717) is 34.2 Å². The fourth-order valence-corrected chi connectivity index (χ4v) is 4.19. The fraction of sp³-hybridized carbons (Fsp3) is 0.296. The van der Waals surface area contributed by atoms with Crippen LogP contribution in [-0.4, -0.2) is 36.2 Å². The quantitative estimate of drug-likeness (QED) is 0.407. The highest BCUT2D eigenvalue weighted by atomic mass is 19.1. The van der Waals surface area contributed by atoms with Crippen molar-refractivity contribution in [2.75, 3.05) is 6.61 Å². The maximum atomic E-state index is 14.0. The first kappa shape index (κ1) is 24.6. The number of pyridine rings is 3. The third kappa shape index (κ3) is 4.60. The number of nitrogens with zero attached hydrogens (tertiary/aromatic N) is 5. The maximum absolute atomic E-state index is 14.0. The minimum absolute atomic E-state index is 0.00478. The normalized spacial score (nSPS) is 14.0. The lowest BCUT2D eigenvalue weighted by Crippen LogP contribution is -2.24. The molecule has 1 aliphatic rings. The van der Waals surface area contributed by atoms with Crippen molar-refractivity contribution in [3.8, 4) is 22.8 Å². The third-order valence-electron chi connectivity index (χ3n) is 6.70. The van der Waals surface area contributed by atoms with Crippen LogP contribution in [0.3, 0.4) is 0 Å². The number of aromatic nitrogens is 5. The molecule has 4 aromatic heterocycles.